The summed E-state index contributed by atoms with van der Waals surface area (Å²) in [7, 11) is 0. The van der Waals surface area contributed by atoms with Crippen molar-refractivity contribution in [2.45, 2.75) is 32.1 Å². The number of carbonyl (C=O) groups excluding carboxylic acids is 1. The summed E-state index contributed by atoms with van der Waals surface area (Å²) in [6.07, 6.45) is 11.8. The minimum Gasteiger partial charge on any atom is -0.352 e. The summed E-state index contributed by atoms with van der Waals surface area (Å²) in [4.78, 5) is 12.7. The molecule has 1 aliphatic rings. The van der Waals surface area contributed by atoms with Crippen LogP contribution < -0.4 is 5.32 Å². The minimum absolute atomic E-state index is 0.000176. The predicted octanol–water partition coefficient (Wildman–Crippen LogP) is 3.77. The van der Waals surface area contributed by atoms with Gasteiger partial charge in [-0.1, -0.05) is 17.7 Å². The van der Waals surface area contributed by atoms with Crippen molar-refractivity contribution in [3.05, 3.63) is 40.1 Å². The first-order valence-corrected chi connectivity index (χ1v) is 7.40. The number of thiophene rings is 1. The fraction of sp³-hybridized carbons (Fsp3) is 0.400. The largest absolute Gasteiger partial charge is 0.352 e. The lowest BCUT2D eigenvalue weighted by Crippen LogP contribution is -2.22. The Morgan fingerprint density at radius 2 is 2.39 bits per heavy atom. The molecule has 2 nitrogen and oxygen atoms in total. The van der Waals surface area contributed by atoms with Crippen LogP contribution in [0, 0.1) is 0 Å². The molecule has 0 bridgehead atoms. The van der Waals surface area contributed by atoms with Crippen LogP contribution in [-0.2, 0) is 4.79 Å². The van der Waals surface area contributed by atoms with Crippen molar-refractivity contribution in [1.82, 2.24) is 5.32 Å². The molecule has 1 heterocycles. The molecule has 0 radical (unpaired) electrons. The van der Waals surface area contributed by atoms with Gasteiger partial charge in [0, 0.05) is 17.5 Å². The molecule has 1 aromatic rings. The van der Waals surface area contributed by atoms with Crippen molar-refractivity contribution in [2.75, 3.05) is 6.54 Å². The number of amides is 1. The zero-order valence-electron chi connectivity index (χ0n) is 10.5. The Kier molecular flexibility index (Phi) is 5.21. The fourth-order valence-electron chi connectivity index (χ4n) is 2.08. The summed E-state index contributed by atoms with van der Waals surface area (Å²) < 4.78 is 0. The summed E-state index contributed by atoms with van der Waals surface area (Å²) in [5.41, 5.74) is 1.50. The van der Waals surface area contributed by atoms with E-state index in [0.29, 0.717) is 0 Å². The third-order valence-corrected chi connectivity index (χ3v) is 3.91. The van der Waals surface area contributed by atoms with Crippen molar-refractivity contribution in [3.8, 4) is 0 Å². The molecule has 0 spiro atoms. The van der Waals surface area contributed by atoms with E-state index in [4.69, 9.17) is 0 Å². The van der Waals surface area contributed by atoms with Crippen LogP contribution in [0.1, 0.15) is 37.0 Å². The SMILES string of the molecule is O=C(/C=C/c1cccs1)NCCC1=CCCCC1. The molecule has 1 aromatic heterocycles. The van der Waals surface area contributed by atoms with Gasteiger partial charge in [0.25, 0.3) is 0 Å². The van der Waals surface area contributed by atoms with Crippen LogP contribution in [0.25, 0.3) is 6.08 Å². The molecule has 18 heavy (non-hydrogen) atoms. The van der Waals surface area contributed by atoms with Crippen LogP contribution in [0.4, 0.5) is 0 Å². The highest BCUT2D eigenvalue weighted by Crippen LogP contribution is 2.19. The number of nitrogens with one attached hydrogen (secondary N) is 1. The van der Waals surface area contributed by atoms with Crippen molar-refractivity contribution >= 4 is 23.3 Å². The summed E-state index contributed by atoms with van der Waals surface area (Å²) in [5.74, 6) is -0.000176. The molecule has 0 saturated heterocycles. The molecule has 2 rings (SSSR count). The van der Waals surface area contributed by atoms with Gasteiger partial charge in [-0.05, 0) is 49.6 Å². The maximum Gasteiger partial charge on any atom is 0.244 e. The third kappa shape index (κ3) is 4.49. The number of allylic oxidation sites excluding steroid dienone is 1. The van der Waals surface area contributed by atoms with E-state index in [0.717, 1.165) is 17.8 Å². The molecule has 0 fully saturated rings. The van der Waals surface area contributed by atoms with E-state index in [1.807, 2.05) is 23.6 Å². The van der Waals surface area contributed by atoms with Gasteiger partial charge in [-0.25, -0.2) is 0 Å². The molecule has 1 amide bonds. The Bertz CT molecular complexity index is 431. The van der Waals surface area contributed by atoms with Crippen LogP contribution in [-0.4, -0.2) is 12.5 Å². The Morgan fingerprint density at radius 3 is 3.11 bits per heavy atom. The molecule has 0 aromatic carbocycles. The Balaban J connectivity index is 1.67. The fourth-order valence-corrected chi connectivity index (χ4v) is 2.70. The normalized spacial score (nSPS) is 15.7. The van der Waals surface area contributed by atoms with Crippen LogP contribution >= 0.6 is 11.3 Å². The first-order valence-electron chi connectivity index (χ1n) is 6.52. The quantitative estimate of drug-likeness (QED) is 0.634. The van der Waals surface area contributed by atoms with Crippen LogP contribution in [0.5, 0.6) is 0 Å². The van der Waals surface area contributed by atoms with Gasteiger partial charge in [-0.15, -0.1) is 11.3 Å². The Labute approximate surface area is 112 Å². The van der Waals surface area contributed by atoms with E-state index in [-0.39, 0.29) is 5.91 Å². The average molecular weight is 261 g/mol. The lowest BCUT2D eigenvalue weighted by molar-refractivity contribution is -0.116. The van der Waals surface area contributed by atoms with E-state index in [1.54, 1.807) is 17.4 Å². The molecule has 0 saturated carbocycles. The standard InChI is InChI=1S/C15H19NOS/c17-15(9-8-14-7-4-12-18-14)16-11-10-13-5-2-1-3-6-13/h4-5,7-9,12H,1-3,6,10-11H2,(H,16,17)/b9-8+. The van der Waals surface area contributed by atoms with Gasteiger partial charge in [0.05, 0.1) is 0 Å². The van der Waals surface area contributed by atoms with Crippen molar-refractivity contribution in [1.29, 1.82) is 0 Å². The number of rotatable bonds is 5. The molecule has 0 unspecified atom stereocenters. The maximum atomic E-state index is 11.6. The summed E-state index contributed by atoms with van der Waals surface area (Å²) in [6.45, 7) is 0.749. The van der Waals surface area contributed by atoms with Crippen LogP contribution in [0.2, 0.25) is 0 Å². The number of hydrogen-bond donors (Lipinski definition) is 1. The van der Waals surface area contributed by atoms with Gasteiger partial charge in [0.2, 0.25) is 5.91 Å². The number of hydrogen-bond acceptors (Lipinski definition) is 2. The van der Waals surface area contributed by atoms with Gasteiger partial charge in [-0.3, -0.25) is 4.79 Å². The predicted molar refractivity (Wildman–Crippen MR) is 77.5 cm³/mol. The molecule has 1 aliphatic carbocycles. The number of carbonyl (C=O) groups is 1. The molecule has 0 atom stereocenters. The highest BCUT2D eigenvalue weighted by molar-refractivity contribution is 7.10. The summed E-state index contributed by atoms with van der Waals surface area (Å²) >= 11 is 1.64. The second-order valence-corrected chi connectivity index (χ2v) is 5.48. The molecule has 3 heteroatoms. The van der Waals surface area contributed by atoms with Gasteiger partial charge in [0.15, 0.2) is 0 Å². The van der Waals surface area contributed by atoms with Crippen molar-refractivity contribution in [2.24, 2.45) is 0 Å². The van der Waals surface area contributed by atoms with Crippen LogP contribution in [0.3, 0.4) is 0 Å². The van der Waals surface area contributed by atoms with Crippen molar-refractivity contribution in [3.63, 3.8) is 0 Å². The topological polar surface area (TPSA) is 29.1 Å². The molecular weight excluding hydrogens is 242 g/mol. The third-order valence-electron chi connectivity index (χ3n) is 3.07. The lowest BCUT2D eigenvalue weighted by atomic mass is 9.97. The van der Waals surface area contributed by atoms with Crippen LogP contribution in [0.15, 0.2) is 35.2 Å². The summed E-state index contributed by atoms with van der Waals surface area (Å²) in [6, 6.07) is 3.99. The first kappa shape index (κ1) is 13.1. The second kappa shape index (κ2) is 7.17. The Hall–Kier alpha value is -1.35. The highest BCUT2D eigenvalue weighted by atomic mass is 32.1. The van der Waals surface area contributed by atoms with E-state index < -0.39 is 0 Å². The zero-order chi connectivity index (χ0) is 12.6. The van der Waals surface area contributed by atoms with Gasteiger partial charge in [0.1, 0.15) is 0 Å². The molecule has 1 N–H and O–H groups in total. The maximum absolute atomic E-state index is 11.6. The monoisotopic (exact) mass is 261 g/mol. The lowest BCUT2D eigenvalue weighted by Gasteiger charge is -2.12. The van der Waals surface area contributed by atoms with Crippen molar-refractivity contribution < 1.29 is 4.79 Å². The van der Waals surface area contributed by atoms with E-state index >= 15 is 0 Å². The zero-order valence-corrected chi connectivity index (χ0v) is 11.3. The van der Waals surface area contributed by atoms with E-state index in [2.05, 4.69) is 11.4 Å². The molecule has 0 aliphatic heterocycles. The minimum atomic E-state index is -0.000176. The molecular formula is C15H19NOS. The molecule has 96 valence electrons. The van der Waals surface area contributed by atoms with Gasteiger partial charge in [-0.2, -0.15) is 0 Å². The summed E-state index contributed by atoms with van der Waals surface area (Å²) in [5, 5.41) is 4.94. The highest BCUT2D eigenvalue weighted by Gasteiger charge is 2.03. The van der Waals surface area contributed by atoms with E-state index in [1.165, 1.54) is 31.3 Å². The van der Waals surface area contributed by atoms with Gasteiger partial charge >= 0.3 is 0 Å². The first-order chi connectivity index (χ1) is 8.84. The van der Waals surface area contributed by atoms with E-state index in [9.17, 15) is 4.79 Å². The average Bonchev–Trinajstić information content (AvgIpc) is 2.91. The second-order valence-electron chi connectivity index (χ2n) is 4.50. The van der Waals surface area contributed by atoms with Gasteiger partial charge < -0.3 is 5.32 Å². The Morgan fingerprint density at radius 1 is 1.44 bits per heavy atom. The smallest absolute Gasteiger partial charge is 0.244 e.